The minimum atomic E-state index is -0.0636. The molecule has 0 aliphatic carbocycles. The Labute approximate surface area is 180 Å². The zero-order valence-electron chi connectivity index (χ0n) is 15.5. The van der Waals surface area contributed by atoms with E-state index in [1.807, 2.05) is 18.2 Å². The van der Waals surface area contributed by atoms with Crippen molar-refractivity contribution in [3.63, 3.8) is 0 Å². The van der Waals surface area contributed by atoms with Crippen molar-refractivity contribution in [2.45, 2.75) is 19.5 Å². The van der Waals surface area contributed by atoms with Crippen LogP contribution in [0, 0.1) is 0 Å². The number of halogens is 2. The molecule has 5 rings (SSSR count). The van der Waals surface area contributed by atoms with Crippen LogP contribution in [0.25, 0.3) is 22.3 Å². The molecule has 0 amide bonds. The maximum Gasteiger partial charge on any atom is 0.255 e. The molecule has 29 heavy (non-hydrogen) atoms. The Hall–Kier alpha value is -2.41. The van der Waals surface area contributed by atoms with E-state index in [1.165, 1.54) is 10.9 Å². The molecule has 0 radical (unpaired) electrons. The largest absolute Gasteiger partial charge is 0.361 e. The van der Waals surface area contributed by atoms with E-state index in [-0.39, 0.29) is 5.56 Å². The van der Waals surface area contributed by atoms with Gasteiger partial charge in [0.1, 0.15) is 5.82 Å². The van der Waals surface area contributed by atoms with E-state index < -0.39 is 0 Å². The highest BCUT2D eigenvalue weighted by Crippen LogP contribution is 2.26. The predicted octanol–water partition coefficient (Wildman–Crippen LogP) is 4.89. The zero-order valence-corrected chi connectivity index (χ0v) is 17.8. The first kappa shape index (κ1) is 18.6. The molecule has 0 fully saturated rings. The van der Waals surface area contributed by atoms with Crippen molar-refractivity contribution in [2.24, 2.45) is 0 Å². The molecule has 5 nitrogen and oxygen atoms in total. The molecule has 0 saturated carbocycles. The first-order chi connectivity index (χ1) is 14.1. The van der Waals surface area contributed by atoms with Gasteiger partial charge < -0.3 is 9.97 Å². The second kappa shape index (κ2) is 7.44. The summed E-state index contributed by atoms with van der Waals surface area (Å²) in [5.41, 5.74) is 4.79. The van der Waals surface area contributed by atoms with Crippen LogP contribution in [0.5, 0.6) is 0 Å². The highest BCUT2D eigenvalue weighted by Gasteiger charge is 2.22. The van der Waals surface area contributed by atoms with E-state index in [9.17, 15) is 4.79 Å². The summed E-state index contributed by atoms with van der Waals surface area (Å²) in [6.45, 7) is 2.25. The molecule has 2 N–H and O–H groups in total. The number of fused-ring (bicyclic) bond motifs is 2. The van der Waals surface area contributed by atoms with Crippen LogP contribution in [-0.4, -0.2) is 26.4 Å². The maximum atomic E-state index is 12.8. The van der Waals surface area contributed by atoms with Crippen molar-refractivity contribution in [1.29, 1.82) is 0 Å². The van der Waals surface area contributed by atoms with Crippen LogP contribution in [0.1, 0.15) is 16.8 Å². The van der Waals surface area contributed by atoms with Gasteiger partial charge in [-0.3, -0.25) is 9.69 Å². The highest BCUT2D eigenvalue weighted by molar-refractivity contribution is 9.10. The summed E-state index contributed by atoms with van der Waals surface area (Å²) in [7, 11) is 0. The van der Waals surface area contributed by atoms with Gasteiger partial charge in [0.15, 0.2) is 0 Å². The van der Waals surface area contributed by atoms with E-state index in [1.54, 1.807) is 12.1 Å². The number of nitrogens with one attached hydrogen (secondary N) is 2. The fraction of sp³-hybridized carbons (Fsp3) is 0.182. The second-order valence-corrected chi connectivity index (χ2v) is 8.66. The molecule has 2 aromatic carbocycles. The van der Waals surface area contributed by atoms with Gasteiger partial charge in [0.25, 0.3) is 5.56 Å². The van der Waals surface area contributed by atoms with Crippen LogP contribution in [0.3, 0.4) is 0 Å². The van der Waals surface area contributed by atoms with E-state index >= 15 is 0 Å². The number of rotatable bonds is 3. The molecular weight excluding hydrogens is 452 g/mol. The fourth-order valence-corrected chi connectivity index (χ4v) is 4.37. The van der Waals surface area contributed by atoms with Crippen molar-refractivity contribution in [3.8, 4) is 11.4 Å². The molecule has 0 bridgehead atoms. The molecule has 0 unspecified atom stereocenters. The average Bonchev–Trinajstić information content (AvgIpc) is 3.11. The Morgan fingerprint density at radius 3 is 2.83 bits per heavy atom. The van der Waals surface area contributed by atoms with Gasteiger partial charge >= 0.3 is 0 Å². The predicted molar refractivity (Wildman–Crippen MR) is 119 cm³/mol. The third-order valence-corrected chi connectivity index (χ3v) is 6.13. The Morgan fingerprint density at radius 1 is 1.17 bits per heavy atom. The molecule has 1 aliphatic rings. The second-order valence-electron chi connectivity index (χ2n) is 7.31. The van der Waals surface area contributed by atoms with Crippen molar-refractivity contribution >= 4 is 38.4 Å². The van der Waals surface area contributed by atoms with Crippen molar-refractivity contribution in [2.75, 3.05) is 6.54 Å². The number of H-pyrrole nitrogens is 2. The average molecular weight is 470 g/mol. The summed E-state index contributed by atoms with van der Waals surface area (Å²) in [5, 5.41) is 1.87. The summed E-state index contributed by atoms with van der Waals surface area (Å²) in [6, 6.07) is 13.6. The Kier molecular flexibility index (Phi) is 4.78. The maximum absolute atomic E-state index is 12.8. The van der Waals surface area contributed by atoms with Crippen LogP contribution < -0.4 is 5.56 Å². The van der Waals surface area contributed by atoms with Crippen LogP contribution in [0.2, 0.25) is 5.02 Å². The summed E-state index contributed by atoms with van der Waals surface area (Å²) in [4.78, 5) is 26.1. The minimum Gasteiger partial charge on any atom is -0.361 e. The van der Waals surface area contributed by atoms with Gasteiger partial charge in [0.2, 0.25) is 0 Å². The van der Waals surface area contributed by atoms with E-state index in [2.05, 4.69) is 49.1 Å². The van der Waals surface area contributed by atoms with Crippen LogP contribution in [0.15, 0.2) is 57.9 Å². The topological polar surface area (TPSA) is 64.8 Å². The first-order valence-electron chi connectivity index (χ1n) is 9.43. The van der Waals surface area contributed by atoms with Gasteiger partial charge in [0, 0.05) is 58.2 Å². The molecule has 146 valence electrons. The van der Waals surface area contributed by atoms with Crippen molar-refractivity contribution in [1.82, 2.24) is 19.9 Å². The van der Waals surface area contributed by atoms with Crippen LogP contribution in [-0.2, 0) is 19.5 Å². The van der Waals surface area contributed by atoms with Gasteiger partial charge in [-0.2, -0.15) is 0 Å². The van der Waals surface area contributed by atoms with Crippen molar-refractivity contribution < 1.29 is 0 Å². The number of hydrogen-bond donors (Lipinski definition) is 2. The van der Waals surface area contributed by atoms with Gasteiger partial charge in [-0.25, -0.2) is 4.98 Å². The van der Waals surface area contributed by atoms with Gasteiger partial charge in [-0.1, -0.05) is 27.5 Å². The molecule has 0 atom stereocenters. The number of nitrogens with zero attached hydrogens (tertiary/aromatic N) is 2. The summed E-state index contributed by atoms with van der Waals surface area (Å²) in [5.74, 6) is 0.598. The fourth-order valence-electron chi connectivity index (χ4n) is 3.88. The smallest absolute Gasteiger partial charge is 0.255 e. The summed E-state index contributed by atoms with van der Waals surface area (Å²) in [6.07, 6.45) is 2.81. The third kappa shape index (κ3) is 3.64. The Balaban J connectivity index is 1.41. The lowest BCUT2D eigenvalue weighted by Crippen LogP contribution is -2.35. The third-order valence-electron chi connectivity index (χ3n) is 5.39. The molecule has 0 saturated heterocycles. The molecular formula is C22H18BrClN4O. The number of hydrogen-bond acceptors (Lipinski definition) is 3. The van der Waals surface area contributed by atoms with E-state index in [0.29, 0.717) is 17.4 Å². The quantitative estimate of drug-likeness (QED) is 0.449. The van der Waals surface area contributed by atoms with E-state index in [0.717, 1.165) is 46.3 Å². The lowest BCUT2D eigenvalue weighted by Gasteiger charge is -2.27. The van der Waals surface area contributed by atoms with Gasteiger partial charge in [-0.15, -0.1) is 0 Å². The molecule has 4 aromatic rings. The number of aromatic amines is 2. The van der Waals surface area contributed by atoms with Gasteiger partial charge in [-0.05, 0) is 48.0 Å². The van der Waals surface area contributed by atoms with Gasteiger partial charge in [0.05, 0.1) is 11.3 Å². The Morgan fingerprint density at radius 2 is 2.00 bits per heavy atom. The van der Waals surface area contributed by atoms with Crippen molar-refractivity contribution in [3.05, 3.63) is 85.3 Å². The summed E-state index contributed by atoms with van der Waals surface area (Å²) >= 11 is 9.51. The molecule has 0 spiro atoms. The number of benzene rings is 2. The molecule has 3 heterocycles. The highest BCUT2D eigenvalue weighted by atomic mass is 79.9. The summed E-state index contributed by atoms with van der Waals surface area (Å²) < 4.78 is 1.06. The number of aromatic nitrogens is 3. The molecule has 1 aliphatic heterocycles. The molecule has 7 heteroatoms. The van der Waals surface area contributed by atoms with E-state index in [4.69, 9.17) is 16.6 Å². The van der Waals surface area contributed by atoms with Crippen LogP contribution >= 0.6 is 27.5 Å². The minimum absolute atomic E-state index is 0.0636. The normalized spacial score (nSPS) is 14.3. The van der Waals surface area contributed by atoms with Crippen LogP contribution in [0.4, 0.5) is 0 Å². The standard InChI is InChI=1S/C22H18BrClN4O/c23-15-3-6-19-17(9-15)14(10-25-19)11-28-8-7-20-18(12-28)22(29)27-21(26-20)13-1-4-16(24)5-2-13/h1-6,9-10,25H,7-8,11-12H2,(H,26,27,29). The lowest BCUT2D eigenvalue weighted by molar-refractivity contribution is 0.242. The SMILES string of the molecule is O=c1[nH]c(-c2ccc(Cl)cc2)nc2c1CN(Cc1c[nH]c3ccc(Br)cc13)CC2. The zero-order chi connectivity index (χ0) is 20.0. The monoisotopic (exact) mass is 468 g/mol. The first-order valence-corrected chi connectivity index (χ1v) is 10.6. The lowest BCUT2D eigenvalue weighted by atomic mass is 10.1. The molecule has 2 aromatic heterocycles. The Bertz CT molecular complexity index is 1260.